The lowest BCUT2D eigenvalue weighted by atomic mass is 9.96. The Hall–Kier alpha value is -1.88. The van der Waals surface area contributed by atoms with E-state index in [0.717, 1.165) is 27.7 Å². The molecule has 2 heterocycles. The van der Waals surface area contributed by atoms with Crippen molar-refractivity contribution in [3.05, 3.63) is 0 Å². The van der Waals surface area contributed by atoms with E-state index in [0.29, 0.717) is 0 Å². The number of aliphatic hydroxyl groups is 3. The first kappa shape index (κ1) is 29.4. The van der Waals surface area contributed by atoms with Gasteiger partial charge in [-0.2, -0.15) is 0 Å². The third kappa shape index (κ3) is 7.80. The molecular formula is C20H29BrO14. The van der Waals surface area contributed by atoms with E-state index in [1.165, 1.54) is 0 Å². The van der Waals surface area contributed by atoms with Crippen molar-refractivity contribution in [2.24, 2.45) is 0 Å². The number of carbonyl (C=O) groups is 4. The summed E-state index contributed by atoms with van der Waals surface area (Å²) >= 11 is 3.07. The van der Waals surface area contributed by atoms with Crippen molar-refractivity contribution in [1.82, 2.24) is 0 Å². The minimum Gasteiger partial charge on any atom is -0.463 e. The number of alkyl halides is 1. The normalized spacial score (nSPS) is 37.1. The van der Waals surface area contributed by atoms with Crippen LogP contribution in [0.2, 0.25) is 0 Å². The summed E-state index contributed by atoms with van der Waals surface area (Å²) in [5, 5.41) is 29.5. The van der Waals surface area contributed by atoms with E-state index in [4.69, 9.17) is 33.2 Å². The van der Waals surface area contributed by atoms with Crippen LogP contribution in [-0.4, -0.2) is 113 Å². The summed E-state index contributed by atoms with van der Waals surface area (Å²) in [7, 11) is 0. The molecule has 0 aromatic rings. The molecule has 0 aromatic heterocycles. The van der Waals surface area contributed by atoms with Gasteiger partial charge < -0.3 is 48.5 Å². The minimum atomic E-state index is -1.62. The number of halogens is 1. The maximum absolute atomic E-state index is 11.9. The molecule has 0 unspecified atom stereocenters. The minimum absolute atomic E-state index is 0.475. The average molecular weight is 573 g/mol. The molecule has 15 heteroatoms. The van der Waals surface area contributed by atoms with Crippen molar-refractivity contribution in [2.45, 2.75) is 87.8 Å². The van der Waals surface area contributed by atoms with Crippen LogP contribution in [0.1, 0.15) is 27.7 Å². The Morgan fingerprint density at radius 1 is 0.743 bits per heavy atom. The fourth-order valence-electron chi connectivity index (χ4n) is 3.66. The van der Waals surface area contributed by atoms with Crippen LogP contribution in [0.5, 0.6) is 0 Å². The van der Waals surface area contributed by atoms with Gasteiger partial charge in [-0.1, -0.05) is 15.9 Å². The number of rotatable bonds is 8. The number of esters is 4. The number of carbonyl (C=O) groups excluding carboxylic acids is 4. The zero-order valence-electron chi connectivity index (χ0n) is 19.4. The quantitative estimate of drug-likeness (QED) is 0.169. The molecule has 0 amide bonds. The zero-order valence-corrected chi connectivity index (χ0v) is 21.0. The number of hydrogen-bond acceptors (Lipinski definition) is 14. The van der Waals surface area contributed by atoms with Crippen LogP contribution < -0.4 is 0 Å². The van der Waals surface area contributed by atoms with E-state index in [1.807, 2.05) is 0 Å². The van der Waals surface area contributed by atoms with Gasteiger partial charge in [0.25, 0.3) is 0 Å². The first-order valence-electron chi connectivity index (χ1n) is 10.6. The molecule has 200 valence electrons. The standard InChI is InChI=1S/C20H29BrO14/c1-7(23)29-6-12-15(30-8(2)24)17(31-9(3)25)18(32-10(4)26)20(34-12)35-16-13(27)11(5-22)33-19(21)14(16)28/h11-20,22,27-28H,5-6H2,1-4H3/t11-,12-,13+,14-,15-,16+,17+,18-,19-,20-/m1/s1. The highest BCUT2D eigenvalue weighted by Gasteiger charge is 2.55. The van der Waals surface area contributed by atoms with E-state index >= 15 is 0 Å². The highest BCUT2D eigenvalue weighted by molar-refractivity contribution is 9.09. The van der Waals surface area contributed by atoms with Gasteiger partial charge in [0.15, 0.2) is 24.6 Å². The Balaban J connectivity index is 2.46. The third-order valence-corrected chi connectivity index (χ3v) is 5.80. The molecule has 0 aromatic carbocycles. The lowest BCUT2D eigenvalue weighted by molar-refractivity contribution is -0.339. The Labute approximate surface area is 208 Å². The van der Waals surface area contributed by atoms with Crippen LogP contribution in [0.3, 0.4) is 0 Å². The molecule has 35 heavy (non-hydrogen) atoms. The highest BCUT2D eigenvalue weighted by atomic mass is 79.9. The topological polar surface area (TPSA) is 194 Å². The fraction of sp³-hybridized carbons (Fsp3) is 0.800. The summed E-state index contributed by atoms with van der Waals surface area (Å²) in [5.74, 6) is -3.16. The summed E-state index contributed by atoms with van der Waals surface area (Å²) < 4.78 is 37.6. The van der Waals surface area contributed by atoms with Crippen molar-refractivity contribution in [3.8, 4) is 0 Å². The van der Waals surface area contributed by atoms with Crippen LogP contribution in [0.4, 0.5) is 0 Å². The monoisotopic (exact) mass is 572 g/mol. The van der Waals surface area contributed by atoms with Gasteiger partial charge >= 0.3 is 23.9 Å². The number of aliphatic hydroxyl groups excluding tert-OH is 3. The molecule has 2 fully saturated rings. The third-order valence-electron chi connectivity index (χ3n) is 5.05. The molecule has 0 spiro atoms. The van der Waals surface area contributed by atoms with Crippen molar-refractivity contribution in [2.75, 3.05) is 13.2 Å². The predicted molar refractivity (Wildman–Crippen MR) is 114 cm³/mol. The van der Waals surface area contributed by atoms with Gasteiger partial charge in [-0.15, -0.1) is 0 Å². The molecule has 2 saturated heterocycles. The lowest BCUT2D eigenvalue weighted by Gasteiger charge is -2.47. The number of hydrogen-bond donors (Lipinski definition) is 3. The smallest absolute Gasteiger partial charge is 0.303 e. The van der Waals surface area contributed by atoms with Crippen molar-refractivity contribution in [3.63, 3.8) is 0 Å². The van der Waals surface area contributed by atoms with Crippen LogP contribution in [0.25, 0.3) is 0 Å². The second-order valence-electron chi connectivity index (χ2n) is 7.86. The molecule has 0 bridgehead atoms. The van der Waals surface area contributed by atoms with E-state index < -0.39 is 97.2 Å². The molecule has 2 aliphatic heterocycles. The molecule has 0 aliphatic carbocycles. The summed E-state index contributed by atoms with van der Waals surface area (Å²) in [4.78, 5) is 46.9. The molecule has 0 radical (unpaired) electrons. The SMILES string of the molecule is CC(=O)OC[C@H]1O[C@H](O[C@@H]2[C@@H](O)[C@H](Br)O[C@H](CO)[C@@H]2O)[C@H](OC(C)=O)[C@@H](OC(C)=O)[C@@H]1OC(C)=O. The van der Waals surface area contributed by atoms with Gasteiger partial charge in [-0.25, -0.2) is 0 Å². The van der Waals surface area contributed by atoms with Gasteiger partial charge in [0.05, 0.1) is 6.61 Å². The molecule has 2 rings (SSSR count). The van der Waals surface area contributed by atoms with Crippen LogP contribution in [-0.2, 0) is 52.3 Å². The molecule has 2 aliphatic rings. The van der Waals surface area contributed by atoms with Gasteiger partial charge in [0.2, 0.25) is 0 Å². The van der Waals surface area contributed by atoms with Gasteiger partial charge in [0.1, 0.15) is 42.1 Å². The van der Waals surface area contributed by atoms with Crippen molar-refractivity contribution >= 4 is 39.8 Å². The van der Waals surface area contributed by atoms with E-state index in [2.05, 4.69) is 15.9 Å². The second-order valence-corrected chi connectivity index (χ2v) is 8.76. The van der Waals surface area contributed by atoms with E-state index in [9.17, 15) is 34.5 Å². The van der Waals surface area contributed by atoms with Gasteiger partial charge in [-0.05, 0) is 0 Å². The lowest BCUT2D eigenvalue weighted by Crippen LogP contribution is -2.66. The van der Waals surface area contributed by atoms with Crippen molar-refractivity contribution < 1.29 is 67.7 Å². The van der Waals surface area contributed by atoms with E-state index in [-0.39, 0.29) is 0 Å². The first-order valence-corrected chi connectivity index (χ1v) is 11.5. The molecule has 3 N–H and O–H groups in total. The van der Waals surface area contributed by atoms with Gasteiger partial charge in [0, 0.05) is 27.7 Å². The van der Waals surface area contributed by atoms with Crippen molar-refractivity contribution in [1.29, 1.82) is 0 Å². The Bertz CT molecular complexity index is 777. The molecule has 0 saturated carbocycles. The largest absolute Gasteiger partial charge is 0.463 e. The Morgan fingerprint density at radius 3 is 1.80 bits per heavy atom. The summed E-state index contributed by atoms with van der Waals surface area (Å²) in [5.41, 5.74) is 0. The first-order chi connectivity index (χ1) is 16.3. The maximum Gasteiger partial charge on any atom is 0.303 e. The summed E-state index contributed by atoms with van der Waals surface area (Å²) in [6, 6.07) is 0. The maximum atomic E-state index is 11.9. The second kappa shape index (κ2) is 12.9. The zero-order chi connectivity index (χ0) is 26.4. The van der Waals surface area contributed by atoms with E-state index in [1.54, 1.807) is 0 Å². The highest BCUT2D eigenvalue weighted by Crippen LogP contribution is 2.34. The summed E-state index contributed by atoms with van der Waals surface area (Å²) in [6.07, 6.45) is -13.0. The number of ether oxygens (including phenoxy) is 7. The van der Waals surface area contributed by atoms with Crippen LogP contribution >= 0.6 is 15.9 Å². The Kier molecular flexibility index (Phi) is 10.8. The fourth-order valence-corrected chi connectivity index (χ4v) is 4.23. The molecular weight excluding hydrogens is 544 g/mol. The average Bonchev–Trinajstić information content (AvgIpc) is 2.75. The predicted octanol–water partition coefficient (Wildman–Crippen LogP) is -1.71. The van der Waals surface area contributed by atoms with Crippen LogP contribution in [0.15, 0.2) is 0 Å². The van der Waals surface area contributed by atoms with Gasteiger partial charge in [-0.3, -0.25) is 19.2 Å². The summed E-state index contributed by atoms with van der Waals surface area (Å²) in [6.45, 7) is 3.24. The molecule has 14 nitrogen and oxygen atoms in total. The van der Waals surface area contributed by atoms with Crippen LogP contribution in [0, 0.1) is 0 Å². The molecule has 10 atom stereocenters. The Morgan fingerprint density at radius 2 is 1.29 bits per heavy atom.